The van der Waals surface area contributed by atoms with E-state index in [1.54, 1.807) is 12.3 Å². The molecule has 6 nitrogen and oxygen atoms in total. The van der Waals surface area contributed by atoms with Crippen molar-refractivity contribution < 1.29 is 4.79 Å². The number of nitrogens with zero attached hydrogens (tertiary/aromatic N) is 2. The van der Waals surface area contributed by atoms with Gasteiger partial charge in [-0.1, -0.05) is 54.6 Å². The molecule has 146 valence electrons. The molecule has 3 aromatic carbocycles. The van der Waals surface area contributed by atoms with Crippen molar-refractivity contribution >= 4 is 33.8 Å². The first kappa shape index (κ1) is 17.9. The van der Waals surface area contributed by atoms with Crippen molar-refractivity contribution in [3.8, 4) is 11.3 Å². The minimum absolute atomic E-state index is 0.344. The number of nitrogens with one attached hydrogen (secondary N) is 3. The van der Waals surface area contributed by atoms with E-state index in [4.69, 9.17) is 0 Å². The van der Waals surface area contributed by atoms with E-state index in [0.29, 0.717) is 11.4 Å². The lowest BCUT2D eigenvalue weighted by molar-refractivity contribution is 0.0950. The number of H-pyrrole nitrogens is 2. The quantitative estimate of drug-likeness (QED) is 0.303. The van der Waals surface area contributed by atoms with Crippen LogP contribution in [0.5, 0.6) is 0 Å². The zero-order valence-electron chi connectivity index (χ0n) is 16.3. The van der Waals surface area contributed by atoms with E-state index in [9.17, 15) is 4.79 Å². The third-order valence-corrected chi connectivity index (χ3v) is 5.17. The van der Waals surface area contributed by atoms with E-state index >= 15 is 0 Å². The van der Waals surface area contributed by atoms with Gasteiger partial charge in [-0.2, -0.15) is 10.2 Å². The van der Waals surface area contributed by atoms with Crippen LogP contribution >= 0.6 is 0 Å². The Morgan fingerprint density at radius 1 is 1.00 bits per heavy atom. The van der Waals surface area contributed by atoms with Crippen LogP contribution in [0.4, 0.5) is 0 Å². The highest BCUT2D eigenvalue weighted by molar-refractivity contribution is 6.01. The van der Waals surface area contributed by atoms with Crippen LogP contribution in [0.2, 0.25) is 0 Å². The lowest BCUT2D eigenvalue weighted by atomic mass is 10.1. The molecular formula is C24H19N5O. The normalized spacial score (nSPS) is 11.5. The molecule has 6 heteroatoms. The van der Waals surface area contributed by atoms with E-state index < -0.39 is 0 Å². The molecule has 2 heterocycles. The number of amides is 1. The molecule has 0 aliphatic rings. The number of aryl methyl sites for hydroxylation is 1. The second kappa shape index (κ2) is 7.33. The van der Waals surface area contributed by atoms with Crippen molar-refractivity contribution in [3.05, 3.63) is 89.7 Å². The van der Waals surface area contributed by atoms with Gasteiger partial charge in [0.15, 0.2) is 0 Å². The van der Waals surface area contributed by atoms with Gasteiger partial charge in [0, 0.05) is 27.7 Å². The van der Waals surface area contributed by atoms with Crippen LogP contribution in [0.1, 0.15) is 21.7 Å². The maximum atomic E-state index is 12.5. The van der Waals surface area contributed by atoms with Crippen LogP contribution < -0.4 is 5.43 Å². The van der Waals surface area contributed by atoms with E-state index in [2.05, 4.69) is 43.9 Å². The van der Waals surface area contributed by atoms with E-state index in [0.717, 1.165) is 38.5 Å². The average molecular weight is 393 g/mol. The standard InChI is InChI=1S/C24H19N5O/c1-15-20(19-8-4-5-9-21(19)26-15)14-25-29-24(30)23-13-22(27-28-23)18-11-10-16-6-2-3-7-17(16)12-18/h2-14,26H,1H3,(H,27,28)(H,29,30)/b25-14+. The van der Waals surface area contributed by atoms with Gasteiger partial charge >= 0.3 is 0 Å². The fourth-order valence-corrected chi connectivity index (χ4v) is 3.61. The summed E-state index contributed by atoms with van der Waals surface area (Å²) in [4.78, 5) is 15.8. The highest BCUT2D eigenvalue weighted by Gasteiger charge is 2.11. The van der Waals surface area contributed by atoms with Crippen molar-refractivity contribution in [2.75, 3.05) is 0 Å². The van der Waals surface area contributed by atoms with Crippen LogP contribution in [0, 0.1) is 6.92 Å². The van der Waals surface area contributed by atoms with Crippen LogP contribution in [0.15, 0.2) is 77.9 Å². The Morgan fingerprint density at radius 2 is 1.80 bits per heavy atom. The Bertz CT molecular complexity index is 1410. The molecule has 0 saturated heterocycles. The minimum atomic E-state index is -0.344. The van der Waals surface area contributed by atoms with Crippen molar-refractivity contribution in [3.63, 3.8) is 0 Å². The number of rotatable bonds is 4. The van der Waals surface area contributed by atoms with Gasteiger partial charge in [0.1, 0.15) is 5.69 Å². The predicted molar refractivity (Wildman–Crippen MR) is 120 cm³/mol. The molecule has 2 aromatic heterocycles. The van der Waals surface area contributed by atoms with Crippen LogP contribution in [-0.4, -0.2) is 27.3 Å². The minimum Gasteiger partial charge on any atom is -0.358 e. The molecule has 1 amide bonds. The molecule has 0 radical (unpaired) electrons. The molecule has 0 unspecified atom stereocenters. The van der Waals surface area contributed by atoms with E-state index in [1.807, 2.05) is 55.5 Å². The Hall–Kier alpha value is -4.19. The van der Waals surface area contributed by atoms with Gasteiger partial charge in [0.2, 0.25) is 0 Å². The third kappa shape index (κ3) is 3.24. The molecule has 5 rings (SSSR count). The maximum absolute atomic E-state index is 12.5. The van der Waals surface area contributed by atoms with Gasteiger partial charge in [-0.25, -0.2) is 5.43 Å². The number of carbonyl (C=O) groups excluding carboxylic acids is 1. The number of fused-ring (bicyclic) bond motifs is 2. The summed E-state index contributed by atoms with van der Waals surface area (Å²) in [6.07, 6.45) is 1.66. The van der Waals surface area contributed by atoms with Gasteiger partial charge in [0.05, 0.1) is 11.9 Å². The summed E-state index contributed by atoms with van der Waals surface area (Å²) in [6.45, 7) is 1.98. The van der Waals surface area contributed by atoms with Crippen molar-refractivity contribution in [1.29, 1.82) is 0 Å². The first-order valence-electron chi connectivity index (χ1n) is 9.64. The average Bonchev–Trinajstić information content (AvgIpc) is 3.38. The molecule has 0 atom stereocenters. The number of para-hydroxylation sites is 1. The number of hydrazone groups is 1. The number of aromatic amines is 2. The Labute approximate surface area is 172 Å². The van der Waals surface area contributed by atoms with Crippen molar-refractivity contribution in [2.24, 2.45) is 5.10 Å². The molecule has 0 saturated carbocycles. The molecule has 0 fully saturated rings. The first-order chi connectivity index (χ1) is 14.7. The third-order valence-electron chi connectivity index (χ3n) is 5.17. The first-order valence-corrected chi connectivity index (χ1v) is 9.64. The highest BCUT2D eigenvalue weighted by Crippen LogP contribution is 2.23. The Morgan fingerprint density at radius 3 is 2.70 bits per heavy atom. The molecule has 30 heavy (non-hydrogen) atoms. The lowest BCUT2D eigenvalue weighted by Gasteiger charge is -2.00. The van der Waals surface area contributed by atoms with Gasteiger partial charge in [-0.15, -0.1) is 0 Å². The molecular weight excluding hydrogens is 374 g/mol. The second-order valence-electron chi connectivity index (χ2n) is 7.14. The summed E-state index contributed by atoms with van der Waals surface area (Å²) in [5.41, 5.74) is 7.56. The zero-order chi connectivity index (χ0) is 20.5. The summed E-state index contributed by atoms with van der Waals surface area (Å²) < 4.78 is 0. The number of benzene rings is 3. The Kier molecular flexibility index (Phi) is 4.37. The number of aromatic nitrogens is 3. The van der Waals surface area contributed by atoms with Crippen LogP contribution in [0.25, 0.3) is 32.9 Å². The summed E-state index contributed by atoms with van der Waals surface area (Å²) in [5.74, 6) is -0.344. The van der Waals surface area contributed by atoms with E-state index in [1.165, 1.54) is 0 Å². The fraction of sp³-hybridized carbons (Fsp3) is 0.0417. The largest absolute Gasteiger partial charge is 0.358 e. The molecule has 0 aliphatic carbocycles. The second-order valence-corrected chi connectivity index (χ2v) is 7.14. The van der Waals surface area contributed by atoms with E-state index in [-0.39, 0.29) is 5.91 Å². The van der Waals surface area contributed by atoms with Gasteiger partial charge in [-0.3, -0.25) is 9.89 Å². The summed E-state index contributed by atoms with van der Waals surface area (Å²) in [6, 6.07) is 24.0. The van der Waals surface area contributed by atoms with Crippen LogP contribution in [0.3, 0.4) is 0 Å². The molecule has 5 aromatic rings. The number of hydrogen-bond acceptors (Lipinski definition) is 3. The smallest absolute Gasteiger partial charge is 0.289 e. The summed E-state index contributed by atoms with van der Waals surface area (Å²) in [5, 5.41) is 14.6. The monoisotopic (exact) mass is 393 g/mol. The molecule has 0 spiro atoms. The van der Waals surface area contributed by atoms with Gasteiger partial charge in [-0.05, 0) is 35.9 Å². The topological polar surface area (TPSA) is 85.9 Å². The van der Waals surface area contributed by atoms with Crippen molar-refractivity contribution in [2.45, 2.75) is 6.92 Å². The number of hydrogen-bond donors (Lipinski definition) is 3. The fourth-order valence-electron chi connectivity index (χ4n) is 3.61. The molecule has 3 N–H and O–H groups in total. The van der Waals surface area contributed by atoms with Gasteiger partial charge in [0.25, 0.3) is 5.91 Å². The highest BCUT2D eigenvalue weighted by atomic mass is 16.2. The summed E-state index contributed by atoms with van der Waals surface area (Å²) >= 11 is 0. The molecule has 0 bridgehead atoms. The van der Waals surface area contributed by atoms with Crippen LogP contribution in [-0.2, 0) is 0 Å². The SMILES string of the molecule is Cc1[nH]c2ccccc2c1/C=N/NC(=O)c1cc(-c2ccc3ccccc3c2)n[nH]1. The van der Waals surface area contributed by atoms with Gasteiger partial charge < -0.3 is 4.98 Å². The zero-order valence-corrected chi connectivity index (χ0v) is 16.3. The lowest BCUT2D eigenvalue weighted by Crippen LogP contribution is -2.18. The predicted octanol–water partition coefficient (Wildman–Crippen LogP) is 4.78. The van der Waals surface area contributed by atoms with Crippen molar-refractivity contribution in [1.82, 2.24) is 20.6 Å². The molecule has 0 aliphatic heterocycles. The maximum Gasteiger partial charge on any atom is 0.289 e. The summed E-state index contributed by atoms with van der Waals surface area (Å²) in [7, 11) is 0. The Balaban J connectivity index is 1.34. The number of carbonyl (C=O) groups is 1.